The minimum Gasteiger partial charge on any atom is -0.424 e. The zero-order valence-corrected chi connectivity index (χ0v) is 14.2. The largest absolute Gasteiger partial charge is 0.424 e. The lowest BCUT2D eigenvalue weighted by atomic mass is 10.3. The second-order valence-electron chi connectivity index (χ2n) is 5.37. The van der Waals surface area contributed by atoms with E-state index < -0.39 is 0 Å². The normalized spacial score (nSPS) is 12.6. The topological polar surface area (TPSA) is 82.5 Å². The molecule has 1 unspecified atom stereocenters. The lowest BCUT2D eigenvalue weighted by molar-refractivity contribution is 0.470. The van der Waals surface area contributed by atoms with Gasteiger partial charge < -0.3 is 4.42 Å². The molecule has 1 atom stereocenters. The molecule has 0 aliphatic rings. The molecule has 0 radical (unpaired) electrons. The molecule has 0 aliphatic heterocycles. The Morgan fingerprint density at radius 2 is 1.96 bits per heavy atom. The molecule has 7 nitrogen and oxygen atoms in total. The highest BCUT2D eigenvalue weighted by Crippen LogP contribution is 2.36. The Hall–Kier alpha value is -2.81. The number of hydrogen-bond donors (Lipinski definition) is 0. The summed E-state index contributed by atoms with van der Waals surface area (Å²) in [5.74, 6) is 0.773. The second kappa shape index (κ2) is 6.25. The van der Waals surface area contributed by atoms with Crippen molar-refractivity contribution >= 4 is 22.8 Å². The molecule has 4 aromatic rings. The van der Waals surface area contributed by atoms with Gasteiger partial charge in [-0.25, -0.2) is 19.0 Å². The van der Waals surface area contributed by atoms with Crippen LogP contribution in [-0.2, 0) is 0 Å². The monoisotopic (exact) mass is 356 g/mol. The maximum atomic E-state index is 13.1. The minimum atomic E-state index is -0.297. The SMILES string of the molecule is Cc1nnc(C(C)Sc2ncnc3c2cnn3-c2ccc(F)cc2)o1. The summed E-state index contributed by atoms with van der Waals surface area (Å²) in [6, 6.07) is 6.08. The Bertz CT molecular complexity index is 1030. The molecule has 25 heavy (non-hydrogen) atoms. The molecule has 0 aliphatic carbocycles. The van der Waals surface area contributed by atoms with Gasteiger partial charge in [0.2, 0.25) is 11.8 Å². The van der Waals surface area contributed by atoms with E-state index in [0.29, 0.717) is 17.4 Å². The third kappa shape index (κ3) is 2.98. The summed E-state index contributed by atoms with van der Waals surface area (Å²) in [7, 11) is 0. The number of aryl methyl sites for hydroxylation is 1. The van der Waals surface area contributed by atoms with Crippen LogP contribution < -0.4 is 0 Å². The van der Waals surface area contributed by atoms with Crippen molar-refractivity contribution in [3.63, 3.8) is 0 Å². The van der Waals surface area contributed by atoms with Crippen molar-refractivity contribution in [1.29, 1.82) is 0 Å². The first-order valence-electron chi connectivity index (χ1n) is 7.53. The van der Waals surface area contributed by atoms with Gasteiger partial charge in [-0.15, -0.1) is 10.2 Å². The van der Waals surface area contributed by atoms with Gasteiger partial charge in [0.15, 0.2) is 5.65 Å². The Labute approximate surface area is 146 Å². The van der Waals surface area contributed by atoms with E-state index >= 15 is 0 Å². The fourth-order valence-corrected chi connectivity index (χ4v) is 3.29. The number of halogens is 1. The molecule has 1 aromatic carbocycles. The quantitative estimate of drug-likeness (QED) is 0.409. The van der Waals surface area contributed by atoms with E-state index in [4.69, 9.17) is 4.42 Å². The minimum absolute atomic E-state index is 0.0616. The van der Waals surface area contributed by atoms with Crippen LogP contribution in [-0.4, -0.2) is 29.9 Å². The third-order valence-corrected chi connectivity index (χ3v) is 4.68. The summed E-state index contributed by atoms with van der Waals surface area (Å²) < 4.78 is 20.3. The van der Waals surface area contributed by atoms with Gasteiger partial charge in [-0.1, -0.05) is 11.8 Å². The van der Waals surface area contributed by atoms with Crippen LogP contribution >= 0.6 is 11.8 Å². The molecule has 3 aromatic heterocycles. The highest BCUT2D eigenvalue weighted by molar-refractivity contribution is 7.99. The lowest BCUT2D eigenvalue weighted by Gasteiger charge is -2.07. The van der Waals surface area contributed by atoms with Crippen molar-refractivity contribution in [2.24, 2.45) is 0 Å². The van der Waals surface area contributed by atoms with Crippen molar-refractivity contribution in [3.05, 3.63) is 54.4 Å². The van der Waals surface area contributed by atoms with Crippen LogP contribution in [0.3, 0.4) is 0 Å². The maximum absolute atomic E-state index is 13.1. The third-order valence-electron chi connectivity index (χ3n) is 3.58. The summed E-state index contributed by atoms with van der Waals surface area (Å²) in [6.45, 7) is 3.72. The predicted octanol–water partition coefficient (Wildman–Crippen LogP) is 3.50. The second-order valence-corrected chi connectivity index (χ2v) is 6.70. The molecular formula is C16H13FN6OS. The molecule has 0 spiro atoms. The van der Waals surface area contributed by atoms with Crippen LogP contribution in [0.5, 0.6) is 0 Å². The number of thioether (sulfide) groups is 1. The molecule has 0 amide bonds. The number of aromatic nitrogens is 6. The molecular weight excluding hydrogens is 343 g/mol. The van der Waals surface area contributed by atoms with Crippen molar-refractivity contribution in [1.82, 2.24) is 29.9 Å². The fraction of sp³-hybridized carbons (Fsp3) is 0.188. The fourth-order valence-electron chi connectivity index (χ4n) is 2.38. The summed E-state index contributed by atoms with van der Waals surface area (Å²) in [4.78, 5) is 8.66. The van der Waals surface area contributed by atoms with Gasteiger partial charge >= 0.3 is 0 Å². The molecule has 0 fully saturated rings. The van der Waals surface area contributed by atoms with E-state index in [1.54, 1.807) is 29.9 Å². The first kappa shape index (κ1) is 15.7. The van der Waals surface area contributed by atoms with Gasteiger partial charge in [0, 0.05) is 6.92 Å². The summed E-state index contributed by atoms with van der Waals surface area (Å²) in [6.07, 6.45) is 3.19. The number of nitrogens with zero attached hydrogens (tertiary/aromatic N) is 6. The van der Waals surface area contributed by atoms with Crippen molar-refractivity contribution in [2.75, 3.05) is 0 Å². The number of benzene rings is 1. The molecule has 9 heteroatoms. The van der Waals surface area contributed by atoms with Crippen LogP contribution in [0, 0.1) is 12.7 Å². The smallest absolute Gasteiger partial charge is 0.229 e. The van der Waals surface area contributed by atoms with E-state index in [0.717, 1.165) is 16.1 Å². The van der Waals surface area contributed by atoms with Gasteiger partial charge in [0.1, 0.15) is 17.2 Å². The lowest BCUT2D eigenvalue weighted by Crippen LogP contribution is -1.98. The van der Waals surface area contributed by atoms with Crippen molar-refractivity contribution in [3.8, 4) is 5.69 Å². The van der Waals surface area contributed by atoms with E-state index in [-0.39, 0.29) is 11.1 Å². The summed E-state index contributed by atoms with van der Waals surface area (Å²) >= 11 is 1.49. The first-order chi connectivity index (χ1) is 12.1. The highest BCUT2D eigenvalue weighted by Gasteiger charge is 2.18. The number of hydrogen-bond acceptors (Lipinski definition) is 7. The predicted molar refractivity (Wildman–Crippen MR) is 89.9 cm³/mol. The van der Waals surface area contributed by atoms with Crippen molar-refractivity contribution < 1.29 is 8.81 Å². The van der Waals surface area contributed by atoms with E-state index in [9.17, 15) is 4.39 Å². The van der Waals surface area contributed by atoms with Crippen LogP contribution in [0.2, 0.25) is 0 Å². The van der Waals surface area contributed by atoms with Gasteiger partial charge in [0.25, 0.3) is 0 Å². The van der Waals surface area contributed by atoms with Crippen LogP contribution in [0.25, 0.3) is 16.7 Å². The van der Waals surface area contributed by atoms with Gasteiger partial charge in [-0.2, -0.15) is 5.10 Å². The van der Waals surface area contributed by atoms with Crippen molar-refractivity contribution in [2.45, 2.75) is 24.1 Å². The van der Waals surface area contributed by atoms with Gasteiger partial charge in [-0.05, 0) is 31.2 Å². The Morgan fingerprint density at radius 3 is 2.68 bits per heavy atom. The zero-order chi connectivity index (χ0) is 17.4. The maximum Gasteiger partial charge on any atom is 0.229 e. The van der Waals surface area contributed by atoms with E-state index in [2.05, 4.69) is 25.3 Å². The summed E-state index contributed by atoms with van der Waals surface area (Å²) in [5.41, 5.74) is 1.38. The van der Waals surface area contributed by atoms with Gasteiger partial charge in [0.05, 0.1) is 22.5 Å². The molecule has 3 heterocycles. The molecule has 4 rings (SSSR count). The van der Waals surface area contributed by atoms with E-state index in [1.165, 1.54) is 30.2 Å². The van der Waals surface area contributed by atoms with Crippen LogP contribution in [0.15, 0.2) is 46.2 Å². The average Bonchev–Trinajstić information content (AvgIpc) is 3.23. The Morgan fingerprint density at radius 1 is 1.16 bits per heavy atom. The van der Waals surface area contributed by atoms with E-state index in [1.807, 2.05) is 6.92 Å². The number of rotatable bonds is 4. The Kier molecular flexibility index (Phi) is 3.92. The Balaban J connectivity index is 1.70. The number of fused-ring (bicyclic) bond motifs is 1. The van der Waals surface area contributed by atoms with Gasteiger partial charge in [-0.3, -0.25) is 0 Å². The standard InChI is InChI=1S/C16H13FN6OS/c1-9(15-22-21-10(2)24-15)25-16-13-7-20-23(14(13)18-8-19-16)12-5-3-11(17)4-6-12/h3-9H,1-2H3. The molecule has 0 bridgehead atoms. The van der Waals surface area contributed by atoms with Crippen LogP contribution in [0.1, 0.15) is 24.0 Å². The zero-order valence-electron chi connectivity index (χ0n) is 13.4. The molecule has 0 saturated heterocycles. The molecule has 126 valence electrons. The molecule has 0 saturated carbocycles. The average molecular weight is 356 g/mol. The summed E-state index contributed by atoms with van der Waals surface area (Å²) in [5, 5.41) is 13.8. The highest BCUT2D eigenvalue weighted by atomic mass is 32.2. The van der Waals surface area contributed by atoms with Crippen LogP contribution in [0.4, 0.5) is 4.39 Å². The first-order valence-corrected chi connectivity index (χ1v) is 8.41. The molecule has 0 N–H and O–H groups in total.